The minimum Gasteiger partial charge on any atom is -0.491 e. The molecule has 2 atom stereocenters. The fourth-order valence-electron chi connectivity index (χ4n) is 4.53. The van der Waals surface area contributed by atoms with Crippen molar-refractivity contribution in [3.63, 3.8) is 0 Å². The Hall–Kier alpha value is -3.55. The molecule has 0 saturated carbocycles. The lowest BCUT2D eigenvalue weighted by Gasteiger charge is -2.45. The second-order valence-corrected chi connectivity index (χ2v) is 8.94. The minimum atomic E-state index is -0.0560. The molecule has 4 rings (SSSR count). The quantitative estimate of drug-likeness (QED) is 0.501. The van der Waals surface area contributed by atoms with Crippen molar-refractivity contribution in [3.8, 4) is 17.9 Å². The highest BCUT2D eigenvalue weighted by molar-refractivity contribution is 6.33. The fraction of sp³-hybridized carbons (Fsp3) is 0.286. The molecular weight excluding hydrogens is 460 g/mol. The predicted molar refractivity (Wildman–Crippen MR) is 136 cm³/mol. The number of anilines is 1. The third kappa shape index (κ3) is 5.58. The van der Waals surface area contributed by atoms with Crippen molar-refractivity contribution in [1.29, 1.82) is 10.5 Å². The molecule has 6 nitrogen and oxygen atoms in total. The zero-order valence-corrected chi connectivity index (χ0v) is 20.3. The van der Waals surface area contributed by atoms with E-state index in [1.54, 1.807) is 6.07 Å². The molecule has 0 bridgehead atoms. The van der Waals surface area contributed by atoms with Gasteiger partial charge in [0.25, 0.3) is 0 Å². The van der Waals surface area contributed by atoms with Crippen LogP contribution in [0.5, 0.6) is 5.75 Å². The van der Waals surface area contributed by atoms with Gasteiger partial charge < -0.3 is 14.7 Å². The second kappa shape index (κ2) is 11.3. The van der Waals surface area contributed by atoms with Gasteiger partial charge in [-0.3, -0.25) is 4.90 Å². The van der Waals surface area contributed by atoms with Crippen molar-refractivity contribution in [3.05, 3.63) is 94.0 Å². The van der Waals surface area contributed by atoms with E-state index < -0.39 is 0 Å². The zero-order chi connectivity index (χ0) is 24.8. The van der Waals surface area contributed by atoms with Crippen molar-refractivity contribution in [1.82, 2.24) is 4.90 Å². The van der Waals surface area contributed by atoms with Crippen LogP contribution in [0.2, 0.25) is 5.02 Å². The average Bonchev–Trinajstić information content (AvgIpc) is 2.91. The monoisotopic (exact) mass is 486 g/mol. The Bertz CT molecular complexity index is 1230. The third-order valence-electron chi connectivity index (χ3n) is 6.49. The van der Waals surface area contributed by atoms with Crippen LogP contribution >= 0.6 is 11.6 Å². The van der Waals surface area contributed by atoms with E-state index in [-0.39, 0.29) is 25.3 Å². The largest absolute Gasteiger partial charge is 0.491 e. The summed E-state index contributed by atoms with van der Waals surface area (Å²) in [6.45, 7) is 4.73. The molecule has 35 heavy (non-hydrogen) atoms. The molecule has 0 radical (unpaired) electrons. The topological polar surface area (TPSA) is 83.5 Å². The first-order valence-corrected chi connectivity index (χ1v) is 12.0. The van der Waals surface area contributed by atoms with Gasteiger partial charge in [-0.05, 0) is 54.4 Å². The van der Waals surface area contributed by atoms with Crippen LogP contribution in [0.15, 0.2) is 66.7 Å². The van der Waals surface area contributed by atoms with Gasteiger partial charge in [-0.15, -0.1) is 0 Å². The van der Waals surface area contributed by atoms with Gasteiger partial charge in [0.15, 0.2) is 0 Å². The number of benzene rings is 3. The van der Waals surface area contributed by atoms with E-state index >= 15 is 0 Å². The summed E-state index contributed by atoms with van der Waals surface area (Å²) in [4.78, 5) is 4.74. The Morgan fingerprint density at radius 1 is 1.00 bits per heavy atom. The van der Waals surface area contributed by atoms with Crippen molar-refractivity contribution in [2.75, 3.05) is 37.7 Å². The van der Waals surface area contributed by atoms with Crippen molar-refractivity contribution < 1.29 is 9.84 Å². The smallest absolute Gasteiger partial charge is 0.121 e. The molecule has 0 amide bonds. The lowest BCUT2D eigenvalue weighted by atomic mass is 9.97. The van der Waals surface area contributed by atoms with Crippen LogP contribution in [0.25, 0.3) is 0 Å². The Labute approximate surface area is 211 Å². The van der Waals surface area contributed by atoms with E-state index in [1.165, 1.54) is 5.56 Å². The van der Waals surface area contributed by atoms with Gasteiger partial charge in [-0.1, -0.05) is 35.9 Å². The summed E-state index contributed by atoms with van der Waals surface area (Å²) in [5, 5.41) is 28.0. The van der Waals surface area contributed by atoms with Crippen molar-refractivity contribution >= 4 is 17.3 Å². The normalized spacial score (nSPS) is 16.8. The first-order chi connectivity index (χ1) is 17.0. The Kier molecular flexibility index (Phi) is 7.90. The number of halogens is 1. The van der Waals surface area contributed by atoms with Crippen LogP contribution in [0, 0.1) is 22.7 Å². The standard InChI is InChI=1S/C28H27ClN4O2/c1-20(23-6-2-21(17-30)3-7-23)32-12-13-33(27-11-10-25(16-26(27)29)35-15-14-34)28(19-32)24-8-4-22(18-31)5-9-24/h2-11,16,20,28,34H,12-15,19H2,1H3/t20?,28-/m0/s1. The summed E-state index contributed by atoms with van der Waals surface area (Å²) >= 11 is 6.70. The van der Waals surface area contributed by atoms with E-state index in [2.05, 4.69) is 28.9 Å². The Morgan fingerprint density at radius 2 is 1.66 bits per heavy atom. The first kappa shape index (κ1) is 24.6. The molecule has 3 aromatic rings. The van der Waals surface area contributed by atoms with Crippen molar-refractivity contribution in [2.24, 2.45) is 0 Å². The number of hydrogen-bond donors (Lipinski definition) is 1. The first-order valence-electron chi connectivity index (χ1n) is 11.6. The van der Waals surface area contributed by atoms with E-state index in [0.29, 0.717) is 21.9 Å². The highest BCUT2D eigenvalue weighted by Crippen LogP contribution is 2.38. The number of ether oxygens (including phenoxy) is 1. The van der Waals surface area contributed by atoms with E-state index in [0.717, 1.165) is 30.9 Å². The maximum atomic E-state index is 9.24. The number of aliphatic hydroxyl groups is 1. The third-order valence-corrected chi connectivity index (χ3v) is 6.80. The second-order valence-electron chi connectivity index (χ2n) is 8.53. The highest BCUT2D eigenvalue weighted by Gasteiger charge is 2.32. The summed E-state index contributed by atoms with van der Waals surface area (Å²) in [5.41, 5.74) is 4.48. The zero-order valence-electron chi connectivity index (χ0n) is 19.6. The highest BCUT2D eigenvalue weighted by atomic mass is 35.5. The van der Waals surface area contributed by atoms with Gasteiger partial charge in [0.2, 0.25) is 0 Å². The summed E-state index contributed by atoms with van der Waals surface area (Å²) < 4.78 is 5.52. The summed E-state index contributed by atoms with van der Waals surface area (Å²) in [7, 11) is 0. The summed E-state index contributed by atoms with van der Waals surface area (Å²) in [5.74, 6) is 0.621. The molecule has 1 saturated heterocycles. The number of nitriles is 2. The Morgan fingerprint density at radius 3 is 2.26 bits per heavy atom. The van der Waals surface area contributed by atoms with Crippen LogP contribution in [0.4, 0.5) is 5.69 Å². The average molecular weight is 487 g/mol. The van der Waals surface area contributed by atoms with Crippen LogP contribution < -0.4 is 9.64 Å². The molecular formula is C28H27ClN4O2. The van der Waals surface area contributed by atoms with E-state index in [4.69, 9.17) is 26.7 Å². The maximum Gasteiger partial charge on any atom is 0.121 e. The predicted octanol–water partition coefficient (Wildman–Crippen LogP) is 5.08. The molecule has 1 aliphatic rings. The number of rotatable bonds is 7. The molecule has 1 fully saturated rings. The number of piperazine rings is 1. The molecule has 7 heteroatoms. The lowest BCUT2D eigenvalue weighted by molar-refractivity contribution is 0.171. The lowest BCUT2D eigenvalue weighted by Crippen LogP contribution is -2.49. The molecule has 3 aromatic carbocycles. The van der Waals surface area contributed by atoms with Gasteiger partial charge in [0.05, 0.1) is 46.6 Å². The van der Waals surface area contributed by atoms with E-state index in [9.17, 15) is 5.26 Å². The Balaban J connectivity index is 1.63. The number of aliphatic hydroxyl groups excluding tert-OH is 1. The van der Waals surface area contributed by atoms with Crippen LogP contribution in [-0.2, 0) is 0 Å². The summed E-state index contributed by atoms with van der Waals surface area (Å²) in [6, 6.07) is 25.7. The molecule has 1 heterocycles. The van der Waals surface area contributed by atoms with Gasteiger partial charge in [-0.25, -0.2) is 0 Å². The fourth-order valence-corrected chi connectivity index (χ4v) is 4.81. The molecule has 178 valence electrons. The minimum absolute atomic E-state index is 0.0269. The van der Waals surface area contributed by atoms with Crippen LogP contribution in [0.3, 0.4) is 0 Å². The van der Waals surface area contributed by atoms with Crippen LogP contribution in [-0.4, -0.2) is 42.9 Å². The maximum absolute atomic E-state index is 9.24. The molecule has 1 unspecified atom stereocenters. The molecule has 0 aliphatic carbocycles. The van der Waals surface area contributed by atoms with Gasteiger partial charge in [0.1, 0.15) is 12.4 Å². The van der Waals surface area contributed by atoms with Crippen LogP contribution in [0.1, 0.15) is 41.3 Å². The van der Waals surface area contributed by atoms with Gasteiger partial charge in [-0.2, -0.15) is 10.5 Å². The molecule has 0 aromatic heterocycles. The number of hydrogen-bond acceptors (Lipinski definition) is 6. The van der Waals surface area contributed by atoms with Gasteiger partial charge >= 0.3 is 0 Å². The molecule has 1 aliphatic heterocycles. The van der Waals surface area contributed by atoms with E-state index in [1.807, 2.05) is 60.7 Å². The molecule has 1 N–H and O–H groups in total. The summed E-state index contributed by atoms with van der Waals surface area (Å²) in [6.07, 6.45) is 0. The SMILES string of the molecule is CC(c1ccc(C#N)cc1)N1CCN(c2ccc(OCCO)cc2Cl)[C@H](c2ccc(C#N)cc2)C1. The molecule has 0 spiro atoms. The van der Waals surface area contributed by atoms with Gasteiger partial charge in [0, 0.05) is 31.7 Å². The van der Waals surface area contributed by atoms with Crippen molar-refractivity contribution in [2.45, 2.75) is 19.0 Å². The number of nitrogens with zero attached hydrogens (tertiary/aromatic N) is 4.